The van der Waals surface area contributed by atoms with Crippen LogP contribution in [0.5, 0.6) is 0 Å². The Bertz CT molecular complexity index is 1310. The molecule has 0 aliphatic rings. The molecule has 0 radical (unpaired) electrons. The van der Waals surface area contributed by atoms with Gasteiger partial charge in [0.15, 0.2) is 0 Å². The number of sulfonamides is 1. The highest BCUT2D eigenvalue weighted by Crippen LogP contribution is 2.27. The quantitative estimate of drug-likeness (QED) is 0.347. The summed E-state index contributed by atoms with van der Waals surface area (Å²) in [6.07, 6.45) is 0.760. The molecule has 0 saturated heterocycles. The molecular weight excluding hydrogens is 554 g/mol. The molecule has 3 aromatic rings. The van der Waals surface area contributed by atoms with Crippen molar-refractivity contribution in [2.75, 3.05) is 17.4 Å². The normalized spacial score (nSPS) is 12.0. The van der Waals surface area contributed by atoms with E-state index in [1.807, 2.05) is 38.1 Å². The Morgan fingerprint density at radius 1 is 0.973 bits per heavy atom. The Kier molecular flexibility index (Phi) is 9.88. The fourth-order valence-corrected chi connectivity index (χ4v) is 5.56. The van der Waals surface area contributed by atoms with Crippen LogP contribution in [0.2, 0.25) is 0 Å². The Morgan fingerprint density at radius 3 is 2.27 bits per heavy atom. The van der Waals surface area contributed by atoms with Gasteiger partial charge in [-0.25, -0.2) is 8.42 Å². The maximum absolute atomic E-state index is 13.8. The Hall–Kier alpha value is -3.17. The van der Waals surface area contributed by atoms with Crippen molar-refractivity contribution in [1.29, 1.82) is 0 Å². The van der Waals surface area contributed by atoms with Crippen LogP contribution in [-0.2, 0) is 26.2 Å². The van der Waals surface area contributed by atoms with Gasteiger partial charge >= 0.3 is 0 Å². The van der Waals surface area contributed by atoms with Crippen molar-refractivity contribution in [3.63, 3.8) is 0 Å². The third-order valence-corrected chi connectivity index (χ3v) is 8.18. The standard InChI is InChI=1S/C28H32BrN3O4S/c1-4-17-30-28(34)22(3)31(19-23-15-13-21(2)14-16-23)27(33)20-32(25-10-8-9-24(29)18-25)37(35,36)26-11-6-5-7-12-26/h5-16,18,22H,4,17,19-20H2,1-3H3,(H,30,34)/t22-/m0/s1. The topological polar surface area (TPSA) is 86.8 Å². The van der Waals surface area contributed by atoms with Crippen LogP contribution in [0.4, 0.5) is 5.69 Å². The number of anilines is 1. The summed E-state index contributed by atoms with van der Waals surface area (Å²) in [6, 6.07) is 21.7. The molecule has 9 heteroatoms. The number of hydrogen-bond donors (Lipinski definition) is 1. The average Bonchev–Trinajstić information content (AvgIpc) is 2.89. The molecule has 0 aliphatic carbocycles. The number of benzene rings is 3. The molecule has 0 spiro atoms. The Labute approximate surface area is 227 Å². The van der Waals surface area contributed by atoms with E-state index in [0.29, 0.717) is 16.7 Å². The summed E-state index contributed by atoms with van der Waals surface area (Å²) < 4.78 is 29.2. The van der Waals surface area contributed by atoms with Crippen molar-refractivity contribution in [3.8, 4) is 0 Å². The highest BCUT2D eigenvalue weighted by Gasteiger charge is 2.32. The van der Waals surface area contributed by atoms with Crippen molar-refractivity contribution >= 4 is 43.5 Å². The van der Waals surface area contributed by atoms with Crippen LogP contribution >= 0.6 is 15.9 Å². The molecular formula is C28H32BrN3O4S. The SMILES string of the molecule is CCCNC(=O)[C@H](C)N(Cc1ccc(C)cc1)C(=O)CN(c1cccc(Br)c1)S(=O)(=O)c1ccccc1. The zero-order chi connectivity index (χ0) is 27.0. The third kappa shape index (κ3) is 7.42. The third-order valence-electron chi connectivity index (χ3n) is 5.90. The molecule has 0 aliphatic heterocycles. The molecule has 2 amide bonds. The van der Waals surface area contributed by atoms with Gasteiger partial charge in [-0.3, -0.25) is 13.9 Å². The maximum atomic E-state index is 13.8. The summed E-state index contributed by atoms with van der Waals surface area (Å²) in [6.45, 7) is 5.76. The highest BCUT2D eigenvalue weighted by atomic mass is 79.9. The number of halogens is 1. The smallest absolute Gasteiger partial charge is 0.264 e. The van der Waals surface area contributed by atoms with Crippen LogP contribution in [0.1, 0.15) is 31.4 Å². The second-order valence-electron chi connectivity index (χ2n) is 8.78. The summed E-state index contributed by atoms with van der Waals surface area (Å²) in [5.41, 5.74) is 2.25. The zero-order valence-electron chi connectivity index (χ0n) is 21.2. The van der Waals surface area contributed by atoms with Gasteiger partial charge < -0.3 is 10.2 Å². The average molecular weight is 587 g/mol. The fourth-order valence-electron chi connectivity index (χ4n) is 3.75. The number of nitrogens with one attached hydrogen (secondary N) is 1. The first-order valence-corrected chi connectivity index (χ1v) is 14.3. The molecule has 0 unspecified atom stereocenters. The molecule has 1 N–H and O–H groups in total. The first-order chi connectivity index (χ1) is 17.6. The maximum Gasteiger partial charge on any atom is 0.264 e. The lowest BCUT2D eigenvalue weighted by molar-refractivity contribution is -0.139. The van der Waals surface area contributed by atoms with E-state index < -0.39 is 28.5 Å². The van der Waals surface area contributed by atoms with E-state index >= 15 is 0 Å². The molecule has 0 fully saturated rings. The molecule has 3 rings (SSSR count). The Balaban J connectivity index is 2.00. The van der Waals surface area contributed by atoms with Gasteiger partial charge in [0.2, 0.25) is 11.8 Å². The van der Waals surface area contributed by atoms with Crippen molar-refractivity contribution < 1.29 is 18.0 Å². The lowest BCUT2D eigenvalue weighted by atomic mass is 10.1. The summed E-state index contributed by atoms with van der Waals surface area (Å²) >= 11 is 3.40. The van der Waals surface area contributed by atoms with Crippen LogP contribution in [0.15, 0.2) is 88.2 Å². The first-order valence-electron chi connectivity index (χ1n) is 12.1. The van der Waals surface area contributed by atoms with Crippen LogP contribution in [-0.4, -0.2) is 44.3 Å². The number of aryl methyl sites for hydroxylation is 1. The number of carbonyl (C=O) groups is 2. The van der Waals surface area contributed by atoms with Gasteiger partial charge in [-0.2, -0.15) is 0 Å². The first kappa shape index (κ1) is 28.4. The molecule has 0 saturated carbocycles. The zero-order valence-corrected chi connectivity index (χ0v) is 23.6. The highest BCUT2D eigenvalue weighted by molar-refractivity contribution is 9.10. The summed E-state index contributed by atoms with van der Waals surface area (Å²) in [5.74, 6) is -0.776. The summed E-state index contributed by atoms with van der Waals surface area (Å²) in [7, 11) is -4.07. The van der Waals surface area contributed by atoms with Gasteiger partial charge in [0, 0.05) is 17.6 Å². The molecule has 1 atom stereocenters. The molecule has 0 bridgehead atoms. The molecule has 7 nitrogen and oxygen atoms in total. The minimum Gasteiger partial charge on any atom is -0.354 e. The second kappa shape index (κ2) is 12.9. The van der Waals surface area contributed by atoms with E-state index in [1.165, 1.54) is 17.0 Å². The monoisotopic (exact) mass is 585 g/mol. The van der Waals surface area contributed by atoms with E-state index in [-0.39, 0.29) is 17.3 Å². The van der Waals surface area contributed by atoms with Gasteiger partial charge in [0.05, 0.1) is 10.6 Å². The Morgan fingerprint density at radius 2 is 1.65 bits per heavy atom. The molecule has 37 heavy (non-hydrogen) atoms. The second-order valence-corrected chi connectivity index (χ2v) is 11.6. The molecule has 0 heterocycles. The van der Waals surface area contributed by atoms with Crippen molar-refractivity contribution in [2.24, 2.45) is 0 Å². The van der Waals surface area contributed by atoms with Crippen LogP contribution < -0.4 is 9.62 Å². The van der Waals surface area contributed by atoms with E-state index in [9.17, 15) is 18.0 Å². The fraction of sp³-hybridized carbons (Fsp3) is 0.286. The predicted molar refractivity (Wildman–Crippen MR) is 150 cm³/mol. The summed E-state index contributed by atoms with van der Waals surface area (Å²) in [4.78, 5) is 28.2. The number of carbonyl (C=O) groups excluding carboxylic acids is 2. The molecule has 3 aromatic carbocycles. The van der Waals surface area contributed by atoms with E-state index in [2.05, 4.69) is 21.2 Å². The number of amides is 2. The van der Waals surface area contributed by atoms with Crippen molar-refractivity contribution in [3.05, 3.63) is 94.5 Å². The van der Waals surface area contributed by atoms with Crippen LogP contribution in [0, 0.1) is 6.92 Å². The summed E-state index contributed by atoms with van der Waals surface area (Å²) in [5, 5.41) is 2.84. The van der Waals surface area contributed by atoms with Crippen molar-refractivity contribution in [2.45, 2.75) is 44.7 Å². The van der Waals surface area contributed by atoms with E-state index in [0.717, 1.165) is 21.9 Å². The minimum absolute atomic E-state index is 0.0709. The van der Waals surface area contributed by atoms with Gasteiger partial charge in [-0.1, -0.05) is 76.9 Å². The van der Waals surface area contributed by atoms with Gasteiger partial charge in [-0.05, 0) is 56.2 Å². The van der Waals surface area contributed by atoms with Gasteiger partial charge in [-0.15, -0.1) is 0 Å². The number of hydrogen-bond acceptors (Lipinski definition) is 4. The molecule has 0 aromatic heterocycles. The molecule has 196 valence electrons. The van der Waals surface area contributed by atoms with Crippen molar-refractivity contribution in [1.82, 2.24) is 10.2 Å². The number of nitrogens with zero attached hydrogens (tertiary/aromatic N) is 2. The van der Waals surface area contributed by atoms with E-state index in [1.54, 1.807) is 49.4 Å². The predicted octanol–water partition coefficient (Wildman–Crippen LogP) is 4.90. The van der Waals surface area contributed by atoms with Crippen LogP contribution in [0.25, 0.3) is 0 Å². The minimum atomic E-state index is -4.07. The van der Waals surface area contributed by atoms with E-state index in [4.69, 9.17) is 0 Å². The van der Waals surface area contributed by atoms with Crippen LogP contribution in [0.3, 0.4) is 0 Å². The largest absolute Gasteiger partial charge is 0.354 e. The van der Waals surface area contributed by atoms with Gasteiger partial charge in [0.25, 0.3) is 10.0 Å². The lowest BCUT2D eigenvalue weighted by Gasteiger charge is -2.32. The lowest BCUT2D eigenvalue weighted by Crippen LogP contribution is -2.51. The number of rotatable bonds is 11. The van der Waals surface area contributed by atoms with Gasteiger partial charge in [0.1, 0.15) is 12.6 Å².